The minimum Gasteiger partial charge on any atom is -0.510 e. The van der Waals surface area contributed by atoms with Crippen molar-refractivity contribution in [3.05, 3.63) is 132 Å². The van der Waals surface area contributed by atoms with Gasteiger partial charge in [0.05, 0.1) is 42.7 Å². The number of aliphatic hydroxyl groups is 3. The summed E-state index contributed by atoms with van der Waals surface area (Å²) in [6.07, 6.45) is 2.47. The van der Waals surface area contributed by atoms with E-state index in [1.54, 1.807) is 60.9 Å². The standard InChI is InChI=1S/C87H116N22O21S/c1-7-9-19-66-80(123)102-62(35-88)78(121)104-64(75(118)94-39-72(90)115)42-131-43-73(116)96-59(29-46-21-23-50(111)24-22-46)83(126)105(4)45(3)74(117)100-61-34-70(113)65-26-27-67(109(65)86(61)129)81(124)99-58(32-49-38-91-44-95-49)77(120)97-56(25-28-71(89)114)85(128)108-40-51(112)33-69(108)82(125)98-57(30-47-36-92-54-17-13-11-15-52(47)54)76(119)103-63(41-110)79(122)101-60(31-48-37-93-55-18-14-12-16-53(48)55)84(127)107(6)68(20-10-8-2)87(130)106(66)5/h11-18,21-24,36-38,44-45,51,56-64,66-69,92-93,110-113H,7-10,19-20,25-35,39-43,88H2,1-6H3,(H2,89,114)(H2,90,115)(H,91,95)(H,94,118)(H,96,116)(H,97,120)(H,98,125)(H,99,124)(H,100,117)(H,101,122)(H,102,123)(H,103,119)(H,104,121)/t45-,51+,56-,57-,58-,59-,60-,61-,62-,63-,64-,66-,67-,68-,69-/m0/s1. The number of aromatic amines is 3. The number of allylic oxidation sites excluding steroid dienone is 1. The Labute approximate surface area is 757 Å². The minimum absolute atomic E-state index is 0.00807. The SMILES string of the molecule is CCCC[C@H]1C(=O)N(C)[C@@H](CCCC)C(=O)N[C@@H](CN)C(=O)N[C@H](C(=O)NCC(N)=O)CSCC(=O)N[C@@H](Cc2ccc(O)cc2)C(=O)N(C)[C@@H](C)C(=O)N[C@H]2CC(O)=C3CC[C@@H](C(=O)N[C@@H](Cc4c[nH]cn4)C(=O)N[C@@H](CCC(N)=O)C(=O)N4C[C@H](O)C[C@H]4C(=O)N[C@@H](Cc4c[nH]c5ccccc45)C(=O)N[C@@H](CO)C(=O)N[C@@H](Cc4c[nH]c5ccccc45)C(=O)N1C)N3C2=O. The molecule has 7 heterocycles. The summed E-state index contributed by atoms with van der Waals surface area (Å²) in [6, 6.07) is -2.83. The largest absolute Gasteiger partial charge is 0.510 e. The zero-order chi connectivity index (χ0) is 95.2. The monoisotopic (exact) mass is 1840 g/mol. The van der Waals surface area contributed by atoms with E-state index in [0.717, 1.165) is 36.3 Å². The van der Waals surface area contributed by atoms with Crippen LogP contribution in [0.2, 0.25) is 0 Å². The molecule has 131 heavy (non-hydrogen) atoms. The lowest BCUT2D eigenvalue weighted by atomic mass is 10.00. The lowest BCUT2D eigenvalue weighted by molar-refractivity contribution is -0.149. The van der Waals surface area contributed by atoms with Gasteiger partial charge in [-0.05, 0) is 80.0 Å². The Morgan fingerprint density at radius 1 is 0.557 bits per heavy atom. The highest BCUT2D eigenvalue weighted by Gasteiger charge is 2.49. The van der Waals surface area contributed by atoms with E-state index in [9.17, 15) is 68.4 Å². The maximum absolute atomic E-state index is 15.6. The van der Waals surface area contributed by atoms with E-state index in [2.05, 4.69) is 73.1 Å². The zero-order valence-electron chi connectivity index (χ0n) is 73.5. The zero-order valence-corrected chi connectivity index (χ0v) is 74.3. The fourth-order valence-electron chi connectivity index (χ4n) is 16.4. The van der Waals surface area contributed by atoms with Crippen LogP contribution in [0.1, 0.15) is 120 Å². The molecule has 3 saturated heterocycles. The van der Waals surface area contributed by atoms with Gasteiger partial charge in [0.15, 0.2) is 0 Å². The third kappa shape index (κ3) is 25.6. The number of thioether (sulfide) groups is 1. The molecule has 3 aromatic carbocycles. The van der Waals surface area contributed by atoms with Crippen LogP contribution in [0.15, 0.2) is 109 Å². The van der Waals surface area contributed by atoms with Crippen molar-refractivity contribution in [2.24, 2.45) is 17.2 Å². The van der Waals surface area contributed by atoms with Crippen molar-refractivity contribution in [2.75, 3.05) is 58.9 Å². The number of para-hydroxylation sites is 2. The summed E-state index contributed by atoms with van der Waals surface area (Å²) in [5.74, 6) is -17.9. The number of fused-ring (bicyclic) bond motifs is 4. The average Bonchev–Trinajstić information content (AvgIpc) is 1.63. The third-order valence-electron chi connectivity index (χ3n) is 23.8. The van der Waals surface area contributed by atoms with E-state index in [1.165, 1.54) is 64.9 Å². The molecule has 706 valence electrons. The molecule has 23 N–H and O–H groups in total. The molecule has 4 aliphatic rings. The normalized spacial score (nSPS) is 25.5. The third-order valence-corrected chi connectivity index (χ3v) is 24.9. The Kier molecular flexibility index (Phi) is 35.1. The number of carbonyl (C=O) groups is 17. The maximum Gasteiger partial charge on any atom is 0.250 e. The van der Waals surface area contributed by atoms with E-state index < -0.39 is 267 Å². The van der Waals surface area contributed by atoms with Crippen LogP contribution in [-0.4, -0.2) is 315 Å². The molecular weight excluding hydrogens is 1720 g/mol. The number of nitrogens with two attached hydrogens (primary N) is 3. The second kappa shape index (κ2) is 46.2. The molecule has 15 atom stereocenters. The number of aromatic nitrogens is 4. The maximum atomic E-state index is 15.6. The number of imidazole rings is 1. The lowest BCUT2D eigenvalue weighted by Crippen LogP contribution is -2.62. The molecule has 3 fully saturated rings. The van der Waals surface area contributed by atoms with Crippen LogP contribution in [-0.2, 0) is 107 Å². The Balaban J connectivity index is 1.00. The summed E-state index contributed by atoms with van der Waals surface area (Å²) >= 11 is 0.762. The van der Waals surface area contributed by atoms with Crippen LogP contribution in [0.3, 0.4) is 0 Å². The molecule has 6 aromatic rings. The highest BCUT2D eigenvalue weighted by Crippen LogP contribution is 2.36. The van der Waals surface area contributed by atoms with E-state index >= 15 is 33.6 Å². The number of benzene rings is 3. The fraction of sp³-hybridized carbons (Fsp3) is 0.494. The number of rotatable bonds is 22. The van der Waals surface area contributed by atoms with Gasteiger partial charge in [0.25, 0.3) is 5.91 Å². The number of carbonyl (C=O) groups excluding carboxylic acids is 17. The van der Waals surface area contributed by atoms with Gasteiger partial charge in [0.1, 0.15) is 96.1 Å². The van der Waals surface area contributed by atoms with Gasteiger partial charge < -0.3 is 125 Å². The molecular formula is C87H116N22O21S. The molecule has 3 aromatic heterocycles. The van der Waals surface area contributed by atoms with Crippen LogP contribution in [0.5, 0.6) is 5.75 Å². The van der Waals surface area contributed by atoms with Gasteiger partial charge in [-0.2, -0.15) is 0 Å². The number of likely N-dealkylation sites (N-methyl/N-ethyl adjacent to an activating group) is 3. The van der Waals surface area contributed by atoms with Crippen LogP contribution >= 0.6 is 11.8 Å². The molecule has 0 unspecified atom stereocenters. The summed E-state index contributed by atoms with van der Waals surface area (Å²) in [6.45, 7) is 1.94. The number of nitrogens with zero attached hydrogens (tertiary/aromatic N) is 6. The van der Waals surface area contributed by atoms with E-state index in [-0.39, 0.29) is 62.1 Å². The number of hydrogen-bond acceptors (Lipinski definition) is 24. The molecule has 10 rings (SSSR count). The van der Waals surface area contributed by atoms with Crippen molar-refractivity contribution in [3.8, 4) is 5.75 Å². The predicted molar refractivity (Wildman–Crippen MR) is 474 cm³/mol. The Morgan fingerprint density at radius 3 is 1.71 bits per heavy atom. The Bertz CT molecular complexity index is 5220. The number of phenolic OH excluding ortho intramolecular Hbond substituents is 1. The van der Waals surface area contributed by atoms with Gasteiger partial charge in [-0.15, -0.1) is 11.8 Å². The topological polar surface area (TPSA) is 646 Å². The van der Waals surface area contributed by atoms with Gasteiger partial charge >= 0.3 is 0 Å². The molecule has 43 nitrogen and oxygen atoms in total. The van der Waals surface area contributed by atoms with Crippen molar-refractivity contribution < 1.29 is 102 Å². The summed E-state index contributed by atoms with van der Waals surface area (Å²) in [7, 11) is 3.89. The molecule has 0 saturated carbocycles. The number of nitrogens with one attached hydrogen (secondary N) is 13. The predicted octanol–water partition coefficient (Wildman–Crippen LogP) is -3.72. The lowest BCUT2D eigenvalue weighted by Gasteiger charge is -2.36. The second-order valence-electron chi connectivity index (χ2n) is 33.1. The first-order valence-electron chi connectivity index (χ1n) is 43.4. The fourth-order valence-corrected chi connectivity index (χ4v) is 17.2. The number of H-pyrrole nitrogens is 3. The van der Waals surface area contributed by atoms with Crippen molar-refractivity contribution >= 4 is 134 Å². The molecule has 4 aliphatic heterocycles. The Morgan fingerprint density at radius 2 is 1.11 bits per heavy atom. The van der Waals surface area contributed by atoms with Gasteiger partial charge in [-0.25, -0.2) is 4.98 Å². The number of unbranched alkanes of at least 4 members (excludes halogenated alkanes) is 2. The molecule has 0 radical (unpaired) electrons. The van der Waals surface area contributed by atoms with E-state index in [1.807, 2.05) is 13.8 Å². The van der Waals surface area contributed by atoms with Crippen LogP contribution in [0.4, 0.5) is 0 Å². The van der Waals surface area contributed by atoms with Gasteiger partial charge in [0, 0.05) is 125 Å². The first-order chi connectivity index (χ1) is 62.5. The molecule has 0 spiro atoms. The van der Waals surface area contributed by atoms with E-state index in [4.69, 9.17) is 17.2 Å². The van der Waals surface area contributed by atoms with Crippen molar-refractivity contribution in [1.82, 2.24) is 97.6 Å². The highest BCUT2D eigenvalue weighted by atomic mass is 32.2. The average molecular weight is 1840 g/mol. The van der Waals surface area contributed by atoms with E-state index in [0.29, 0.717) is 64.2 Å². The highest BCUT2D eigenvalue weighted by molar-refractivity contribution is 8.00. The number of aromatic hydroxyl groups is 1. The van der Waals surface area contributed by atoms with Crippen LogP contribution in [0.25, 0.3) is 21.8 Å². The molecule has 0 aliphatic carbocycles. The summed E-state index contributed by atoms with van der Waals surface area (Å²) < 4.78 is 0. The molecule has 17 amide bonds. The van der Waals surface area contributed by atoms with Gasteiger partial charge in [-0.3, -0.25) is 86.4 Å². The first-order valence-corrected chi connectivity index (χ1v) is 44.5. The van der Waals surface area contributed by atoms with Gasteiger partial charge in [-0.1, -0.05) is 88.1 Å². The van der Waals surface area contributed by atoms with Crippen molar-refractivity contribution in [2.45, 2.75) is 214 Å². The Hall–Kier alpha value is -13.5. The van der Waals surface area contributed by atoms with Crippen molar-refractivity contribution in [3.63, 3.8) is 0 Å². The van der Waals surface area contributed by atoms with Crippen LogP contribution in [0, 0.1) is 0 Å². The summed E-state index contributed by atoms with van der Waals surface area (Å²) in [4.78, 5) is 266. The van der Waals surface area contributed by atoms with Crippen molar-refractivity contribution in [1.29, 1.82) is 0 Å². The minimum atomic E-state index is -1.92. The number of phenols is 1. The molecule has 2 bridgehead atoms. The second-order valence-corrected chi connectivity index (χ2v) is 34.1. The number of primary amides is 2. The number of aliphatic hydroxyl groups excluding tert-OH is 3. The quantitative estimate of drug-likeness (QED) is 0.0311. The summed E-state index contributed by atoms with van der Waals surface area (Å²) in [5.41, 5.74) is 20.0. The smallest absolute Gasteiger partial charge is 0.250 e. The van der Waals surface area contributed by atoms with Crippen LogP contribution < -0.4 is 70.4 Å². The van der Waals surface area contributed by atoms with Gasteiger partial charge in [0.2, 0.25) is 94.5 Å². The first kappa shape index (κ1) is 99.7. The number of amides is 17. The molecule has 44 heteroatoms. The number of hydrogen-bond donors (Lipinski definition) is 20. The summed E-state index contributed by atoms with van der Waals surface area (Å²) in [5, 5.41) is 71.4.